The molecule has 1 heterocycles. The van der Waals surface area contributed by atoms with Gasteiger partial charge in [-0.3, -0.25) is 5.43 Å². The maximum absolute atomic E-state index is 5.31. The number of nitrogens with one attached hydrogen (secondary N) is 1. The summed E-state index contributed by atoms with van der Waals surface area (Å²) < 4.78 is 2.94. The van der Waals surface area contributed by atoms with Crippen molar-refractivity contribution in [2.24, 2.45) is 10.8 Å². The highest BCUT2D eigenvalue weighted by molar-refractivity contribution is 7.80. The lowest BCUT2D eigenvalue weighted by molar-refractivity contribution is 0.736. The minimum atomic E-state index is 0.163. The van der Waals surface area contributed by atoms with Crippen LogP contribution in [0.15, 0.2) is 5.10 Å². The second-order valence-corrected chi connectivity index (χ2v) is 5.28. The molecule has 88 valence electrons. The highest BCUT2D eigenvalue weighted by Gasteiger charge is 2.10. The van der Waals surface area contributed by atoms with Crippen LogP contribution in [0.1, 0.15) is 24.4 Å². The van der Waals surface area contributed by atoms with Crippen LogP contribution in [0.2, 0.25) is 0 Å². The van der Waals surface area contributed by atoms with Gasteiger partial charge in [0.15, 0.2) is 9.07 Å². The molecule has 0 atom stereocenters. The van der Waals surface area contributed by atoms with Crippen LogP contribution in [0.5, 0.6) is 0 Å². The Morgan fingerprint density at radius 3 is 2.69 bits per heavy atom. The summed E-state index contributed by atoms with van der Waals surface area (Å²) in [5.74, 6) is 0. The molecule has 1 rings (SSSR count). The molecule has 0 fully saturated rings. The van der Waals surface area contributed by atoms with Gasteiger partial charge in [-0.15, -0.1) is 11.3 Å². The van der Waals surface area contributed by atoms with Crippen LogP contribution in [0.25, 0.3) is 0 Å². The molecule has 0 aliphatic heterocycles. The average molecular weight is 274 g/mol. The number of hydrogen-bond donors (Lipinski definition) is 2. The molecule has 3 N–H and O–H groups in total. The predicted octanol–water partition coefficient (Wildman–Crippen LogP) is 2.16. The van der Waals surface area contributed by atoms with Crippen molar-refractivity contribution in [2.45, 2.75) is 27.3 Å². The van der Waals surface area contributed by atoms with Crippen molar-refractivity contribution >= 4 is 46.6 Å². The smallest absolute Gasteiger partial charge is 0.184 e. The maximum Gasteiger partial charge on any atom is 0.184 e. The molecule has 0 saturated heterocycles. The van der Waals surface area contributed by atoms with Gasteiger partial charge < -0.3 is 10.3 Å². The van der Waals surface area contributed by atoms with E-state index in [1.807, 2.05) is 13.8 Å². The van der Waals surface area contributed by atoms with Gasteiger partial charge in [0, 0.05) is 12.2 Å². The molecule has 0 aliphatic rings. The lowest BCUT2D eigenvalue weighted by Gasteiger charge is -2.03. The van der Waals surface area contributed by atoms with E-state index in [-0.39, 0.29) is 5.11 Å². The fourth-order valence-corrected chi connectivity index (χ4v) is 2.93. The van der Waals surface area contributed by atoms with E-state index in [0.717, 1.165) is 26.8 Å². The number of nitrogens with zero attached hydrogens (tertiary/aromatic N) is 2. The second kappa shape index (κ2) is 5.51. The van der Waals surface area contributed by atoms with Crippen molar-refractivity contribution in [3.8, 4) is 0 Å². The number of thiazole rings is 1. The quantitative estimate of drug-likeness (QED) is 0.504. The fraction of sp³-hybridized carbons (Fsp3) is 0.444. The summed E-state index contributed by atoms with van der Waals surface area (Å²) in [5.41, 5.74) is 9.86. The molecular weight excluding hydrogens is 260 g/mol. The molecule has 0 aliphatic carbocycles. The Morgan fingerprint density at radius 1 is 1.62 bits per heavy atom. The van der Waals surface area contributed by atoms with Gasteiger partial charge in [-0.1, -0.05) is 0 Å². The molecule has 0 unspecified atom stereocenters. The topological polar surface area (TPSA) is 55.3 Å². The van der Waals surface area contributed by atoms with E-state index in [1.54, 1.807) is 11.3 Å². The van der Waals surface area contributed by atoms with Crippen LogP contribution in [0, 0.1) is 10.9 Å². The third kappa shape index (κ3) is 2.87. The Hall–Kier alpha value is -0.790. The number of aromatic nitrogens is 1. The maximum atomic E-state index is 5.31. The monoisotopic (exact) mass is 274 g/mol. The zero-order valence-electron chi connectivity index (χ0n) is 9.40. The zero-order valence-corrected chi connectivity index (χ0v) is 11.9. The molecule has 0 aromatic carbocycles. The van der Waals surface area contributed by atoms with Gasteiger partial charge in [0.2, 0.25) is 0 Å². The largest absolute Gasteiger partial charge is 0.375 e. The van der Waals surface area contributed by atoms with E-state index >= 15 is 0 Å². The first-order valence-electron chi connectivity index (χ1n) is 4.77. The Morgan fingerprint density at radius 2 is 2.25 bits per heavy atom. The summed E-state index contributed by atoms with van der Waals surface area (Å²) in [6.07, 6.45) is 0. The Labute approximate surface area is 109 Å². The first-order chi connectivity index (χ1) is 7.47. The molecule has 0 spiro atoms. The van der Waals surface area contributed by atoms with Crippen molar-refractivity contribution < 1.29 is 0 Å². The zero-order chi connectivity index (χ0) is 12.3. The molecule has 1 aromatic heterocycles. The van der Waals surface area contributed by atoms with Gasteiger partial charge in [0.25, 0.3) is 0 Å². The molecular formula is C9H14N4S3. The first-order valence-corrected chi connectivity index (χ1v) is 6.41. The van der Waals surface area contributed by atoms with Crippen LogP contribution in [0.4, 0.5) is 0 Å². The van der Waals surface area contributed by atoms with Gasteiger partial charge in [0.1, 0.15) is 0 Å². The SMILES string of the molecule is CCn1c(C)c(/C(C)=N/NC(N)=S)sc1=S. The molecule has 0 radical (unpaired) electrons. The van der Waals surface area contributed by atoms with Crippen molar-refractivity contribution in [2.75, 3.05) is 0 Å². The standard InChI is InChI=1S/C9H14N4S3/c1-4-13-6(3)7(16-9(13)15)5(2)11-12-8(10)14/h4H2,1-3H3,(H3,10,12,14)/b11-5+. The molecule has 0 saturated carbocycles. The highest BCUT2D eigenvalue weighted by atomic mass is 32.1. The number of rotatable bonds is 3. The summed E-state index contributed by atoms with van der Waals surface area (Å²) in [6, 6.07) is 0. The van der Waals surface area contributed by atoms with Gasteiger partial charge in [-0.2, -0.15) is 5.10 Å². The van der Waals surface area contributed by atoms with E-state index < -0.39 is 0 Å². The lowest BCUT2D eigenvalue weighted by atomic mass is 10.3. The summed E-state index contributed by atoms with van der Waals surface area (Å²) in [7, 11) is 0. The van der Waals surface area contributed by atoms with Crippen molar-refractivity contribution in [1.82, 2.24) is 9.99 Å². The van der Waals surface area contributed by atoms with Gasteiger partial charge in [-0.25, -0.2) is 0 Å². The summed E-state index contributed by atoms with van der Waals surface area (Å²) in [5, 5.41) is 4.26. The Balaban J connectivity index is 3.10. The van der Waals surface area contributed by atoms with Gasteiger partial charge >= 0.3 is 0 Å². The third-order valence-electron chi connectivity index (χ3n) is 2.12. The van der Waals surface area contributed by atoms with E-state index in [9.17, 15) is 0 Å². The fourth-order valence-electron chi connectivity index (χ4n) is 1.37. The average Bonchev–Trinajstić information content (AvgIpc) is 2.50. The molecule has 1 aromatic rings. The number of thiocarbonyl (C=S) groups is 1. The van der Waals surface area contributed by atoms with Crippen LogP contribution < -0.4 is 11.2 Å². The van der Waals surface area contributed by atoms with Crippen LogP contribution in [0.3, 0.4) is 0 Å². The van der Waals surface area contributed by atoms with Crippen molar-refractivity contribution in [3.63, 3.8) is 0 Å². The van der Waals surface area contributed by atoms with Crippen LogP contribution >= 0.6 is 35.8 Å². The Kier molecular flexibility index (Phi) is 4.57. The molecule has 16 heavy (non-hydrogen) atoms. The third-order valence-corrected chi connectivity index (χ3v) is 3.87. The van der Waals surface area contributed by atoms with E-state index in [4.69, 9.17) is 18.0 Å². The number of hydrazone groups is 1. The van der Waals surface area contributed by atoms with E-state index in [0.29, 0.717) is 0 Å². The lowest BCUT2D eigenvalue weighted by Crippen LogP contribution is -2.25. The molecule has 0 bridgehead atoms. The number of nitrogens with two attached hydrogens (primary N) is 1. The van der Waals surface area contributed by atoms with E-state index in [2.05, 4.69) is 34.2 Å². The first kappa shape index (κ1) is 13.3. The molecule has 4 nitrogen and oxygen atoms in total. The summed E-state index contributed by atoms with van der Waals surface area (Å²) in [6.45, 7) is 6.88. The van der Waals surface area contributed by atoms with Crippen molar-refractivity contribution in [3.05, 3.63) is 14.5 Å². The number of hydrogen-bond acceptors (Lipinski definition) is 4. The molecule has 7 heteroatoms. The highest BCUT2D eigenvalue weighted by Crippen LogP contribution is 2.19. The van der Waals surface area contributed by atoms with Crippen LogP contribution in [-0.4, -0.2) is 15.4 Å². The van der Waals surface area contributed by atoms with Gasteiger partial charge in [0.05, 0.1) is 10.6 Å². The van der Waals surface area contributed by atoms with Crippen molar-refractivity contribution in [1.29, 1.82) is 0 Å². The predicted molar refractivity (Wildman–Crippen MR) is 75.7 cm³/mol. The molecule has 0 amide bonds. The van der Waals surface area contributed by atoms with Crippen LogP contribution in [-0.2, 0) is 6.54 Å². The second-order valence-electron chi connectivity index (χ2n) is 3.20. The summed E-state index contributed by atoms with van der Waals surface area (Å²) in [4.78, 5) is 1.07. The minimum Gasteiger partial charge on any atom is -0.375 e. The Bertz CT molecular complexity index is 483. The van der Waals surface area contributed by atoms with E-state index in [1.165, 1.54) is 0 Å². The minimum absolute atomic E-state index is 0.163. The van der Waals surface area contributed by atoms with Gasteiger partial charge in [-0.05, 0) is 45.2 Å². The summed E-state index contributed by atoms with van der Waals surface area (Å²) >= 11 is 11.5. The normalized spacial score (nSPS) is 11.6.